The first-order valence-corrected chi connectivity index (χ1v) is 8.31. The first-order chi connectivity index (χ1) is 11.5. The van der Waals surface area contributed by atoms with Crippen molar-refractivity contribution in [1.29, 1.82) is 0 Å². The van der Waals surface area contributed by atoms with Crippen LogP contribution in [0.25, 0.3) is 0 Å². The lowest BCUT2D eigenvalue weighted by Gasteiger charge is -2.14. The van der Waals surface area contributed by atoms with E-state index in [0.29, 0.717) is 24.2 Å². The molecule has 0 saturated heterocycles. The normalized spacial score (nSPS) is 13.1. The average molecular weight is 322 g/mol. The third-order valence-corrected chi connectivity index (χ3v) is 4.52. The van der Waals surface area contributed by atoms with Crippen LogP contribution < -0.4 is 5.32 Å². The number of rotatable bonds is 4. The molecule has 0 saturated carbocycles. The Balaban J connectivity index is 1.88. The van der Waals surface area contributed by atoms with Gasteiger partial charge in [-0.05, 0) is 55.2 Å². The molecule has 124 valence electrons. The number of amides is 2. The van der Waals surface area contributed by atoms with Gasteiger partial charge < -0.3 is 10.2 Å². The van der Waals surface area contributed by atoms with Crippen molar-refractivity contribution < 1.29 is 9.59 Å². The number of carbonyl (C=O) groups is 2. The van der Waals surface area contributed by atoms with Crippen LogP contribution in [0.2, 0.25) is 0 Å². The summed E-state index contributed by atoms with van der Waals surface area (Å²) in [7, 11) is 0. The van der Waals surface area contributed by atoms with E-state index in [9.17, 15) is 9.59 Å². The minimum Gasteiger partial charge on any atom is -0.334 e. The predicted molar refractivity (Wildman–Crippen MR) is 95.3 cm³/mol. The largest absolute Gasteiger partial charge is 0.334 e. The molecule has 1 aliphatic heterocycles. The maximum Gasteiger partial charge on any atom is 0.256 e. The summed E-state index contributed by atoms with van der Waals surface area (Å²) in [6.45, 7) is 7.39. The van der Waals surface area contributed by atoms with Gasteiger partial charge in [0.05, 0.1) is 11.1 Å². The molecule has 1 heterocycles. The Kier molecular flexibility index (Phi) is 4.38. The summed E-state index contributed by atoms with van der Waals surface area (Å²) in [6.07, 6.45) is 0.907. The van der Waals surface area contributed by atoms with E-state index in [1.54, 1.807) is 11.0 Å². The van der Waals surface area contributed by atoms with Crippen LogP contribution in [0.3, 0.4) is 0 Å². The van der Waals surface area contributed by atoms with Gasteiger partial charge >= 0.3 is 0 Å². The fourth-order valence-electron chi connectivity index (χ4n) is 3.08. The highest BCUT2D eigenvalue weighted by atomic mass is 16.2. The van der Waals surface area contributed by atoms with Crippen LogP contribution in [0.5, 0.6) is 0 Å². The minimum atomic E-state index is -0.234. The Labute approximate surface area is 142 Å². The highest BCUT2D eigenvalue weighted by Gasteiger charge is 2.31. The van der Waals surface area contributed by atoms with E-state index >= 15 is 0 Å². The quantitative estimate of drug-likeness (QED) is 0.927. The van der Waals surface area contributed by atoms with Crippen molar-refractivity contribution in [2.24, 2.45) is 0 Å². The zero-order valence-electron chi connectivity index (χ0n) is 14.3. The lowest BCUT2D eigenvalue weighted by atomic mass is 10.0. The van der Waals surface area contributed by atoms with Crippen molar-refractivity contribution in [2.75, 3.05) is 11.9 Å². The topological polar surface area (TPSA) is 49.4 Å². The second kappa shape index (κ2) is 6.48. The maximum atomic E-state index is 12.7. The number of carbonyl (C=O) groups excluding carboxylic acids is 2. The summed E-state index contributed by atoms with van der Waals surface area (Å²) in [5, 5.41) is 2.91. The molecule has 1 aliphatic rings. The van der Waals surface area contributed by atoms with E-state index in [4.69, 9.17) is 0 Å². The summed E-state index contributed by atoms with van der Waals surface area (Å²) >= 11 is 0. The smallest absolute Gasteiger partial charge is 0.256 e. The molecular formula is C20H22N2O2. The van der Waals surface area contributed by atoms with E-state index in [-0.39, 0.29) is 11.8 Å². The Morgan fingerprint density at radius 2 is 1.96 bits per heavy atom. The molecule has 0 fully saturated rings. The van der Waals surface area contributed by atoms with Crippen molar-refractivity contribution in [1.82, 2.24) is 4.90 Å². The monoisotopic (exact) mass is 322 g/mol. The molecule has 0 bridgehead atoms. The van der Waals surface area contributed by atoms with E-state index in [2.05, 4.69) is 5.32 Å². The van der Waals surface area contributed by atoms with E-state index in [1.165, 1.54) is 5.56 Å². The van der Waals surface area contributed by atoms with Crippen LogP contribution in [-0.4, -0.2) is 23.3 Å². The van der Waals surface area contributed by atoms with Gasteiger partial charge in [-0.25, -0.2) is 0 Å². The molecule has 24 heavy (non-hydrogen) atoms. The molecule has 2 aromatic carbocycles. The van der Waals surface area contributed by atoms with E-state index < -0.39 is 0 Å². The Morgan fingerprint density at radius 1 is 1.17 bits per heavy atom. The number of hydrogen-bond acceptors (Lipinski definition) is 2. The third kappa shape index (κ3) is 2.92. The SMILES string of the molecule is CCCN1Cc2cccc(C(=O)Nc3ccc(C)c(C)c3)c2C1=O. The molecule has 0 radical (unpaired) electrons. The summed E-state index contributed by atoms with van der Waals surface area (Å²) in [5.41, 5.74) is 4.98. The Morgan fingerprint density at radius 3 is 2.67 bits per heavy atom. The van der Waals surface area contributed by atoms with Gasteiger partial charge in [0.1, 0.15) is 0 Å². The third-order valence-electron chi connectivity index (χ3n) is 4.52. The number of nitrogens with one attached hydrogen (secondary N) is 1. The van der Waals surface area contributed by atoms with Crippen LogP contribution in [0, 0.1) is 13.8 Å². The van der Waals surface area contributed by atoms with Crippen LogP contribution in [0.15, 0.2) is 36.4 Å². The fourth-order valence-corrected chi connectivity index (χ4v) is 3.08. The second-order valence-corrected chi connectivity index (χ2v) is 6.32. The average Bonchev–Trinajstić information content (AvgIpc) is 2.88. The molecule has 0 unspecified atom stereocenters. The van der Waals surface area contributed by atoms with Crippen molar-refractivity contribution in [3.63, 3.8) is 0 Å². The van der Waals surface area contributed by atoms with Gasteiger partial charge in [0.25, 0.3) is 11.8 Å². The number of benzene rings is 2. The zero-order chi connectivity index (χ0) is 17.3. The highest BCUT2D eigenvalue weighted by molar-refractivity contribution is 6.13. The zero-order valence-corrected chi connectivity index (χ0v) is 14.3. The molecule has 0 spiro atoms. The van der Waals surface area contributed by atoms with Crippen LogP contribution >= 0.6 is 0 Å². The van der Waals surface area contributed by atoms with Crippen LogP contribution in [0.4, 0.5) is 5.69 Å². The Bertz CT molecular complexity index is 811. The van der Waals surface area contributed by atoms with Gasteiger partial charge in [-0.1, -0.05) is 25.1 Å². The second-order valence-electron chi connectivity index (χ2n) is 6.32. The first-order valence-electron chi connectivity index (χ1n) is 8.31. The highest BCUT2D eigenvalue weighted by Crippen LogP contribution is 2.27. The number of anilines is 1. The van der Waals surface area contributed by atoms with Gasteiger partial charge in [0.2, 0.25) is 0 Å². The standard InChI is InChI=1S/C20H22N2O2/c1-4-10-22-12-15-6-5-7-17(18(15)20(22)24)19(23)21-16-9-8-13(2)14(3)11-16/h5-9,11H,4,10,12H2,1-3H3,(H,21,23). The fraction of sp³-hybridized carbons (Fsp3) is 0.300. The number of nitrogens with zero attached hydrogens (tertiary/aromatic N) is 1. The van der Waals surface area contributed by atoms with E-state index in [0.717, 1.165) is 23.2 Å². The van der Waals surface area contributed by atoms with Crippen molar-refractivity contribution in [2.45, 2.75) is 33.7 Å². The molecule has 4 nitrogen and oxygen atoms in total. The molecule has 0 atom stereocenters. The molecule has 4 heteroatoms. The molecule has 2 amide bonds. The maximum absolute atomic E-state index is 12.7. The summed E-state index contributed by atoms with van der Waals surface area (Å²) < 4.78 is 0. The van der Waals surface area contributed by atoms with Crippen LogP contribution in [0.1, 0.15) is 50.8 Å². The minimum absolute atomic E-state index is 0.0438. The van der Waals surface area contributed by atoms with Gasteiger partial charge in [-0.2, -0.15) is 0 Å². The lowest BCUT2D eigenvalue weighted by molar-refractivity contribution is 0.0774. The van der Waals surface area contributed by atoms with E-state index in [1.807, 2.05) is 51.1 Å². The summed E-state index contributed by atoms with van der Waals surface area (Å²) in [4.78, 5) is 27.1. The number of hydrogen-bond donors (Lipinski definition) is 1. The van der Waals surface area contributed by atoms with Gasteiger partial charge in [-0.15, -0.1) is 0 Å². The Hall–Kier alpha value is -2.62. The summed E-state index contributed by atoms with van der Waals surface area (Å²) in [6, 6.07) is 11.3. The molecule has 3 rings (SSSR count). The van der Waals surface area contributed by atoms with Crippen molar-refractivity contribution in [3.8, 4) is 0 Å². The van der Waals surface area contributed by atoms with Crippen molar-refractivity contribution >= 4 is 17.5 Å². The first kappa shape index (κ1) is 16.2. The predicted octanol–water partition coefficient (Wildman–Crippen LogP) is 3.92. The lowest BCUT2D eigenvalue weighted by Crippen LogP contribution is -2.26. The van der Waals surface area contributed by atoms with Crippen molar-refractivity contribution in [3.05, 3.63) is 64.2 Å². The molecule has 2 aromatic rings. The van der Waals surface area contributed by atoms with Gasteiger partial charge in [-0.3, -0.25) is 9.59 Å². The van der Waals surface area contributed by atoms with Crippen LogP contribution in [-0.2, 0) is 6.54 Å². The van der Waals surface area contributed by atoms with Gasteiger partial charge in [0.15, 0.2) is 0 Å². The molecule has 0 aromatic heterocycles. The summed E-state index contributed by atoms with van der Waals surface area (Å²) in [5.74, 6) is -0.278. The van der Waals surface area contributed by atoms with Gasteiger partial charge in [0, 0.05) is 18.8 Å². The number of fused-ring (bicyclic) bond motifs is 1. The number of aryl methyl sites for hydroxylation is 2. The molecular weight excluding hydrogens is 300 g/mol. The molecule has 1 N–H and O–H groups in total. The molecule has 0 aliphatic carbocycles.